The molecule has 0 unspecified atom stereocenters. The lowest BCUT2D eigenvalue weighted by Gasteiger charge is -2.14. The molecule has 3 rings (SSSR count). The average molecular weight is 383 g/mol. The quantitative estimate of drug-likeness (QED) is 0.628. The van der Waals surface area contributed by atoms with Crippen molar-refractivity contribution in [3.63, 3.8) is 0 Å². The lowest BCUT2D eigenvalue weighted by Crippen LogP contribution is -2.24. The Hall–Kier alpha value is -2.57. The van der Waals surface area contributed by atoms with Crippen LogP contribution in [0, 0.1) is 0 Å². The summed E-state index contributed by atoms with van der Waals surface area (Å²) in [6.07, 6.45) is 0.327. The van der Waals surface area contributed by atoms with E-state index in [-0.39, 0.29) is 12.3 Å². The first kappa shape index (κ1) is 20.2. The number of aryl methyl sites for hydroxylation is 2. The van der Waals surface area contributed by atoms with Crippen LogP contribution in [0.1, 0.15) is 37.5 Å². The fraction of sp³-hybridized carbons (Fsp3) is 0.409. The van der Waals surface area contributed by atoms with Gasteiger partial charge in [-0.2, -0.15) is 0 Å². The highest BCUT2D eigenvalue weighted by atomic mass is 16.5. The molecule has 150 valence electrons. The lowest BCUT2D eigenvalue weighted by atomic mass is 10.1. The zero-order valence-electron chi connectivity index (χ0n) is 17.0. The van der Waals surface area contributed by atoms with Crippen LogP contribution in [0.5, 0.6) is 5.75 Å². The minimum atomic E-state index is -0.772. The Kier molecular flexibility index (Phi) is 6.21. The summed E-state index contributed by atoms with van der Waals surface area (Å²) in [5.74, 6) is 0.722. The summed E-state index contributed by atoms with van der Waals surface area (Å²) in [5.41, 5.74) is 3.47. The minimum absolute atomic E-state index is 0.0826. The Labute approximate surface area is 165 Å². The highest BCUT2D eigenvalue weighted by molar-refractivity contribution is 5.76. The molecule has 0 saturated heterocycles. The number of aromatic nitrogens is 2. The summed E-state index contributed by atoms with van der Waals surface area (Å²) < 4.78 is 8.93. The summed E-state index contributed by atoms with van der Waals surface area (Å²) in [7, 11) is 3.47. The molecule has 0 bridgehead atoms. The van der Waals surface area contributed by atoms with E-state index in [0.29, 0.717) is 6.04 Å². The zero-order chi connectivity index (χ0) is 20.3. The van der Waals surface area contributed by atoms with Crippen LogP contribution in [0.25, 0.3) is 11.0 Å². The molecular formula is C22H29N3O3. The maximum Gasteiger partial charge on any atom is 0.328 e. The molecule has 0 fully saturated rings. The molecule has 6 nitrogen and oxygen atoms in total. The summed E-state index contributed by atoms with van der Waals surface area (Å²) in [6, 6.07) is 13.9. The molecule has 0 aliphatic rings. The number of hydrogen-bond acceptors (Lipinski definition) is 4. The number of nitrogens with zero attached hydrogens (tertiary/aromatic N) is 2. The van der Waals surface area contributed by atoms with Gasteiger partial charge in [-0.15, -0.1) is 0 Å². The Balaban J connectivity index is 1.62. The molecule has 1 aromatic heterocycles. The second-order valence-electron chi connectivity index (χ2n) is 7.31. The van der Waals surface area contributed by atoms with E-state index < -0.39 is 6.10 Å². The normalized spacial score (nSPS) is 13.6. The van der Waals surface area contributed by atoms with Gasteiger partial charge >= 0.3 is 5.69 Å². The Morgan fingerprint density at radius 1 is 1.07 bits per heavy atom. The lowest BCUT2D eigenvalue weighted by molar-refractivity contribution is 0.108. The molecule has 0 spiro atoms. The second-order valence-corrected chi connectivity index (χ2v) is 7.31. The smallest absolute Gasteiger partial charge is 0.328 e. The fourth-order valence-corrected chi connectivity index (χ4v) is 3.14. The topological polar surface area (TPSA) is 68.4 Å². The van der Waals surface area contributed by atoms with Crippen LogP contribution in [0.2, 0.25) is 0 Å². The van der Waals surface area contributed by atoms with E-state index in [4.69, 9.17) is 4.74 Å². The molecule has 28 heavy (non-hydrogen) atoms. The third-order valence-corrected chi connectivity index (χ3v) is 5.28. The first-order chi connectivity index (χ1) is 13.4. The van der Waals surface area contributed by atoms with E-state index in [2.05, 4.69) is 19.2 Å². The van der Waals surface area contributed by atoms with Crippen molar-refractivity contribution in [2.24, 2.45) is 14.1 Å². The molecule has 0 radical (unpaired) electrons. The summed E-state index contributed by atoms with van der Waals surface area (Å²) in [5, 5.41) is 14.0. The van der Waals surface area contributed by atoms with Crippen molar-refractivity contribution in [3.8, 4) is 5.75 Å². The third kappa shape index (κ3) is 4.29. The molecule has 0 saturated carbocycles. The number of fused-ring (bicyclic) bond motifs is 1. The molecule has 0 aliphatic carbocycles. The molecule has 2 atom stereocenters. The maximum atomic E-state index is 12.0. The molecule has 1 heterocycles. The summed E-state index contributed by atoms with van der Waals surface area (Å²) in [4.78, 5) is 12.0. The molecule has 0 aliphatic heterocycles. The van der Waals surface area contributed by atoms with E-state index in [9.17, 15) is 9.90 Å². The van der Waals surface area contributed by atoms with Crippen molar-refractivity contribution in [2.75, 3.05) is 6.61 Å². The molecule has 3 aromatic rings. The van der Waals surface area contributed by atoms with Crippen molar-refractivity contribution in [2.45, 2.75) is 39.0 Å². The van der Waals surface area contributed by atoms with E-state index in [1.807, 2.05) is 42.5 Å². The number of rotatable bonds is 8. The van der Waals surface area contributed by atoms with Crippen molar-refractivity contribution < 1.29 is 9.84 Å². The Morgan fingerprint density at radius 3 is 2.43 bits per heavy atom. The highest BCUT2D eigenvalue weighted by Crippen LogP contribution is 2.21. The first-order valence-corrected chi connectivity index (χ1v) is 9.69. The maximum absolute atomic E-state index is 12.0. The van der Waals surface area contributed by atoms with Crippen LogP contribution in [0.4, 0.5) is 0 Å². The molecule has 2 aromatic carbocycles. The summed E-state index contributed by atoms with van der Waals surface area (Å²) >= 11 is 0. The molecule has 2 N–H and O–H groups in total. The SMILES string of the molecule is CC[C@@H](C)NCc1ccc(OC[C@H](O)c2ccc3c(c2)n(C)c(=O)n3C)cc1. The number of hydrogen-bond donors (Lipinski definition) is 2. The number of ether oxygens (including phenoxy) is 1. The zero-order valence-corrected chi connectivity index (χ0v) is 17.0. The average Bonchev–Trinajstić information content (AvgIpc) is 2.94. The standard InChI is InChI=1S/C22H29N3O3/c1-5-15(2)23-13-16-6-9-18(10-7-16)28-14-21(26)17-8-11-19-20(12-17)25(4)22(27)24(19)3/h6-12,15,21,23,26H,5,13-14H2,1-4H3/t15-,21+/m1/s1. The van der Waals surface area contributed by atoms with Gasteiger partial charge in [0.25, 0.3) is 0 Å². The molecule has 0 amide bonds. The number of aliphatic hydroxyl groups is 1. The van der Waals surface area contributed by atoms with Crippen LogP contribution in [-0.2, 0) is 20.6 Å². The van der Waals surface area contributed by atoms with E-state index in [1.54, 1.807) is 23.2 Å². The van der Waals surface area contributed by atoms with Gasteiger partial charge in [0, 0.05) is 26.7 Å². The largest absolute Gasteiger partial charge is 0.491 e. The second kappa shape index (κ2) is 8.63. The highest BCUT2D eigenvalue weighted by Gasteiger charge is 2.13. The van der Waals surface area contributed by atoms with Gasteiger partial charge in [0.2, 0.25) is 0 Å². The van der Waals surface area contributed by atoms with Gasteiger partial charge in [-0.05, 0) is 48.7 Å². The third-order valence-electron chi connectivity index (χ3n) is 5.28. The number of nitrogens with one attached hydrogen (secondary N) is 1. The minimum Gasteiger partial charge on any atom is -0.491 e. The number of benzene rings is 2. The van der Waals surface area contributed by atoms with Crippen molar-refractivity contribution in [1.82, 2.24) is 14.5 Å². The van der Waals surface area contributed by atoms with Crippen molar-refractivity contribution >= 4 is 11.0 Å². The van der Waals surface area contributed by atoms with Gasteiger partial charge in [0.05, 0.1) is 11.0 Å². The van der Waals surface area contributed by atoms with Gasteiger partial charge in [0.1, 0.15) is 18.5 Å². The summed E-state index contributed by atoms with van der Waals surface area (Å²) in [6.45, 7) is 5.31. The first-order valence-electron chi connectivity index (χ1n) is 9.69. The van der Waals surface area contributed by atoms with Crippen LogP contribution in [0.3, 0.4) is 0 Å². The molecular weight excluding hydrogens is 354 g/mol. The van der Waals surface area contributed by atoms with Crippen LogP contribution in [-0.4, -0.2) is 26.9 Å². The van der Waals surface area contributed by atoms with Crippen molar-refractivity contribution in [1.29, 1.82) is 0 Å². The number of aliphatic hydroxyl groups excluding tert-OH is 1. The predicted molar refractivity (Wildman–Crippen MR) is 112 cm³/mol. The Morgan fingerprint density at radius 2 is 1.75 bits per heavy atom. The van der Waals surface area contributed by atoms with Gasteiger partial charge in [0.15, 0.2) is 0 Å². The van der Waals surface area contributed by atoms with Crippen LogP contribution in [0.15, 0.2) is 47.3 Å². The fourth-order valence-electron chi connectivity index (χ4n) is 3.14. The Bertz CT molecular complexity index is 989. The van der Waals surface area contributed by atoms with Crippen molar-refractivity contribution in [3.05, 3.63) is 64.1 Å². The predicted octanol–water partition coefficient (Wildman–Crippen LogP) is 2.88. The van der Waals surface area contributed by atoms with Gasteiger partial charge < -0.3 is 15.2 Å². The van der Waals surface area contributed by atoms with E-state index in [0.717, 1.165) is 35.3 Å². The monoisotopic (exact) mass is 383 g/mol. The van der Waals surface area contributed by atoms with Crippen LogP contribution < -0.4 is 15.7 Å². The van der Waals surface area contributed by atoms with Crippen LogP contribution >= 0.6 is 0 Å². The van der Waals surface area contributed by atoms with Gasteiger partial charge in [-0.1, -0.05) is 25.1 Å². The molecule has 6 heteroatoms. The number of imidazole rings is 1. The van der Waals surface area contributed by atoms with Gasteiger partial charge in [-0.3, -0.25) is 9.13 Å². The van der Waals surface area contributed by atoms with E-state index in [1.165, 1.54) is 5.56 Å². The van der Waals surface area contributed by atoms with E-state index >= 15 is 0 Å². The van der Waals surface area contributed by atoms with Gasteiger partial charge in [-0.25, -0.2) is 4.79 Å².